The molecule has 2 aromatic rings. The Hall–Kier alpha value is -2.51. The van der Waals surface area contributed by atoms with E-state index in [4.69, 9.17) is 16.3 Å². The maximum Gasteiger partial charge on any atom is 0.336 e. The molecule has 0 fully saturated rings. The number of rotatable bonds is 5. The Labute approximate surface area is 165 Å². The molecule has 0 radical (unpaired) electrons. The average molecular weight is 404 g/mol. The van der Waals surface area contributed by atoms with Crippen LogP contribution in [0.5, 0.6) is 0 Å². The van der Waals surface area contributed by atoms with Gasteiger partial charge in [-0.1, -0.05) is 41.6 Å². The Bertz CT molecular complexity index is 983. The summed E-state index contributed by atoms with van der Waals surface area (Å²) in [5, 5.41) is 4.12. The van der Waals surface area contributed by atoms with Gasteiger partial charge in [-0.05, 0) is 24.6 Å². The van der Waals surface area contributed by atoms with Crippen LogP contribution in [0.15, 0.2) is 58.1 Å². The van der Waals surface area contributed by atoms with Crippen molar-refractivity contribution in [3.63, 3.8) is 0 Å². The topological polar surface area (TPSA) is 84.1 Å². The fourth-order valence-electron chi connectivity index (χ4n) is 3.01. The van der Waals surface area contributed by atoms with Gasteiger partial charge in [0.15, 0.2) is 5.16 Å². The van der Waals surface area contributed by atoms with E-state index in [1.54, 1.807) is 37.3 Å². The van der Waals surface area contributed by atoms with E-state index in [1.807, 2.05) is 0 Å². The van der Waals surface area contributed by atoms with Crippen molar-refractivity contribution >= 4 is 35.1 Å². The van der Waals surface area contributed by atoms with E-state index < -0.39 is 11.9 Å². The monoisotopic (exact) mass is 403 g/mol. The van der Waals surface area contributed by atoms with Gasteiger partial charge in [0.1, 0.15) is 5.82 Å². The Morgan fingerprint density at radius 3 is 2.74 bits per heavy atom. The fourth-order valence-corrected chi connectivity index (χ4v) is 3.73. The van der Waals surface area contributed by atoms with E-state index in [2.05, 4.69) is 21.9 Å². The number of hydrogen-bond acceptors (Lipinski definition) is 6. The molecule has 27 heavy (non-hydrogen) atoms. The zero-order chi connectivity index (χ0) is 19.6. The first-order chi connectivity index (χ1) is 13.0. The van der Waals surface area contributed by atoms with Gasteiger partial charge in [0.2, 0.25) is 0 Å². The van der Waals surface area contributed by atoms with Crippen molar-refractivity contribution in [2.24, 2.45) is 0 Å². The highest BCUT2D eigenvalue weighted by atomic mass is 35.5. The molecule has 1 unspecified atom stereocenters. The summed E-state index contributed by atoms with van der Waals surface area (Å²) < 4.78 is 4.96. The van der Waals surface area contributed by atoms with Crippen LogP contribution in [0.25, 0.3) is 0 Å². The Morgan fingerprint density at radius 1 is 1.41 bits per heavy atom. The molecule has 0 saturated carbocycles. The van der Waals surface area contributed by atoms with Crippen molar-refractivity contribution in [2.45, 2.75) is 18.0 Å². The third kappa shape index (κ3) is 3.79. The standard InChI is InChI=1S/C19H18ClN3O3S/c1-4-9-27-19-22-16-15(17(24)23-19)14(11-5-7-12(20)8-6-11)13(10(2)21-16)18(25)26-3/h4-8,14H,1,9H2,2-3H3,(H2,21,22,23,24). The number of H-pyrrole nitrogens is 1. The maximum atomic E-state index is 12.9. The lowest BCUT2D eigenvalue weighted by Crippen LogP contribution is -2.31. The van der Waals surface area contributed by atoms with Gasteiger partial charge in [0.05, 0.1) is 24.2 Å². The second-order valence-corrected chi connectivity index (χ2v) is 7.32. The lowest BCUT2D eigenvalue weighted by atomic mass is 9.82. The maximum absolute atomic E-state index is 12.9. The van der Waals surface area contributed by atoms with Crippen LogP contribution in [0.4, 0.5) is 5.82 Å². The third-order valence-electron chi connectivity index (χ3n) is 4.17. The number of aromatic amines is 1. The van der Waals surface area contributed by atoms with E-state index in [1.165, 1.54) is 18.9 Å². The zero-order valence-electron chi connectivity index (χ0n) is 14.8. The molecule has 0 saturated heterocycles. The van der Waals surface area contributed by atoms with Gasteiger partial charge < -0.3 is 15.0 Å². The van der Waals surface area contributed by atoms with Gasteiger partial charge in [-0.3, -0.25) is 4.79 Å². The summed E-state index contributed by atoms with van der Waals surface area (Å²) in [5.74, 6) is -0.0731. The highest BCUT2D eigenvalue weighted by Gasteiger charge is 2.36. The molecule has 2 N–H and O–H groups in total. The molecule has 0 spiro atoms. The highest BCUT2D eigenvalue weighted by molar-refractivity contribution is 7.99. The lowest BCUT2D eigenvalue weighted by Gasteiger charge is -2.28. The molecular weight excluding hydrogens is 386 g/mol. The molecule has 6 nitrogen and oxygen atoms in total. The summed E-state index contributed by atoms with van der Waals surface area (Å²) in [7, 11) is 1.31. The number of halogens is 1. The summed E-state index contributed by atoms with van der Waals surface area (Å²) >= 11 is 7.37. The second kappa shape index (κ2) is 8.02. The van der Waals surface area contributed by atoms with E-state index in [0.717, 1.165) is 5.56 Å². The molecule has 1 atom stereocenters. The van der Waals surface area contributed by atoms with Gasteiger partial charge in [-0.25, -0.2) is 9.78 Å². The molecule has 1 aromatic heterocycles. The van der Waals surface area contributed by atoms with E-state index in [0.29, 0.717) is 38.6 Å². The number of thioether (sulfide) groups is 1. The third-order valence-corrected chi connectivity index (χ3v) is 5.29. The number of nitrogens with one attached hydrogen (secondary N) is 2. The molecular formula is C19H18ClN3O3S. The first kappa shape index (κ1) is 19.3. The number of ether oxygens (including phenoxy) is 1. The number of hydrogen-bond donors (Lipinski definition) is 2. The SMILES string of the molecule is C=CCSc1nc2c(c(=O)[nH]1)C(c1ccc(Cl)cc1)C(C(=O)OC)=C(C)N2. The van der Waals surface area contributed by atoms with Crippen molar-refractivity contribution in [1.29, 1.82) is 0 Å². The predicted molar refractivity (Wildman–Crippen MR) is 107 cm³/mol. The number of esters is 1. The molecule has 3 rings (SSSR count). The van der Waals surface area contributed by atoms with Crippen LogP contribution in [0.1, 0.15) is 24.0 Å². The van der Waals surface area contributed by atoms with E-state index in [-0.39, 0.29) is 5.56 Å². The highest BCUT2D eigenvalue weighted by Crippen LogP contribution is 2.40. The van der Waals surface area contributed by atoms with Gasteiger partial charge in [0.25, 0.3) is 5.56 Å². The van der Waals surface area contributed by atoms with Crippen LogP contribution < -0.4 is 10.9 Å². The van der Waals surface area contributed by atoms with Crippen LogP contribution in [0.2, 0.25) is 5.02 Å². The van der Waals surface area contributed by atoms with Gasteiger partial charge in [-0.2, -0.15) is 0 Å². The number of fused-ring (bicyclic) bond motifs is 1. The fraction of sp³-hybridized carbons (Fsp3) is 0.211. The molecule has 1 aliphatic rings. The van der Waals surface area contributed by atoms with Gasteiger partial charge in [0, 0.05) is 16.5 Å². The summed E-state index contributed by atoms with van der Waals surface area (Å²) in [6, 6.07) is 7.02. The normalized spacial score (nSPS) is 15.7. The summed E-state index contributed by atoms with van der Waals surface area (Å²) in [6.45, 7) is 5.43. The molecule has 1 aromatic carbocycles. The number of carbonyl (C=O) groups excluding carboxylic acids is 1. The minimum absolute atomic E-state index is 0.312. The molecule has 0 aliphatic carbocycles. The van der Waals surface area contributed by atoms with Crippen molar-refractivity contribution in [1.82, 2.24) is 9.97 Å². The van der Waals surface area contributed by atoms with Crippen molar-refractivity contribution in [3.8, 4) is 0 Å². The van der Waals surface area contributed by atoms with E-state index >= 15 is 0 Å². The minimum atomic E-state index is -0.610. The quantitative estimate of drug-likeness (QED) is 0.342. The summed E-state index contributed by atoms with van der Waals surface area (Å²) in [6.07, 6.45) is 1.73. The Morgan fingerprint density at radius 2 is 2.11 bits per heavy atom. The first-order valence-electron chi connectivity index (χ1n) is 8.15. The van der Waals surface area contributed by atoms with Gasteiger partial charge >= 0.3 is 5.97 Å². The summed E-state index contributed by atoms with van der Waals surface area (Å²) in [5.41, 5.74) is 1.76. The molecule has 0 bridgehead atoms. The molecule has 140 valence electrons. The zero-order valence-corrected chi connectivity index (χ0v) is 16.4. The van der Waals surface area contributed by atoms with Crippen LogP contribution in [0, 0.1) is 0 Å². The molecule has 1 aliphatic heterocycles. The van der Waals surface area contributed by atoms with Crippen LogP contribution in [0.3, 0.4) is 0 Å². The Balaban J connectivity index is 2.21. The van der Waals surface area contributed by atoms with Crippen molar-refractivity contribution in [3.05, 3.63) is 74.7 Å². The predicted octanol–water partition coefficient (Wildman–Crippen LogP) is 3.71. The number of anilines is 1. The number of allylic oxidation sites excluding steroid dienone is 1. The minimum Gasteiger partial charge on any atom is -0.466 e. The average Bonchev–Trinajstić information content (AvgIpc) is 2.65. The lowest BCUT2D eigenvalue weighted by molar-refractivity contribution is -0.136. The largest absolute Gasteiger partial charge is 0.466 e. The van der Waals surface area contributed by atoms with Crippen LogP contribution in [-0.4, -0.2) is 28.8 Å². The first-order valence-corrected chi connectivity index (χ1v) is 9.52. The number of aromatic nitrogens is 2. The number of benzene rings is 1. The summed E-state index contributed by atoms with van der Waals surface area (Å²) in [4.78, 5) is 32.6. The van der Waals surface area contributed by atoms with Crippen molar-refractivity contribution in [2.75, 3.05) is 18.2 Å². The molecule has 2 heterocycles. The number of carbonyl (C=O) groups is 1. The van der Waals surface area contributed by atoms with Crippen molar-refractivity contribution < 1.29 is 9.53 Å². The molecule has 0 amide bonds. The Kier molecular flexibility index (Phi) is 5.72. The molecule has 8 heteroatoms. The van der Waals surface area contributed by atoms with Gasteiger partial charge in [-0.15, -0.1) is 6.58 Å². The number of methoxy groups -OCH3 is 1. The number of nitrogens with zero attached hydrogens (tertiary/aromatic N) is 1. The van der Waals surface area contributed by atoms with E-state index in [9.17, 15) is 9.59 Å². The smallest absolute Gasteiger partial charge is 0.336 e. The van der Waals surface area contributed by atoms with Crippen LogP contribution >= 0.6 is 23.4 Å². The second-order valence-electron chi connectivity index (χ2n) is 5.87. The van der Waals surface area contributed by atoms with Crippen LogP contribution in [-0.2, 0) is 9.53 Å².